The highest BCUT2D eigenvalue weighted by molar-refractivity contribution is 5.91. The molecule has 4 rings (SSSR count). The van der Waals surface area contributed by atoms with Gasteiger partial charge in [0.15, 0.2) is 0 Å². The van der Waals surface area contributed by atoms with Crippen molar-refractivity contribution in [1.82, 2.24) is 19.9 Å². The van der Waals surface area contributed by atoms with Crippen LogP contribution in [-0.4, -0.2) is 38.0 Å². The molecule has 3 heterocycles. The summed E-state index contributed by atoms with van der Waals surface area (Å²) in [5, 5.41) is 11.6. The fourth-order valence-electron chi connectivity index (χ4n) is 4.11. The van der Waals surface area contributed by atoms with Crippen LogP contribution in [0.1, 0.15) is 31.7 Å². The summed E-state index contributed by atoms with van der Waals surface area (Å²) in [4.78, 5) is 16.2. The minimum atomic E-state index is 0.0251. The molecule has 1 N–H and O–H groups in total. The Morgan fingerprint density at radius 3 is 2.67 bits per heavy atom. The molecule has 0 spiro atoms. The van der Waals surface area contributed by atoms with Crippen LogP contribution >= 0.6 is 0 Å². The molecule has 2 aliphatic rings. The van der Waals surface area contributed by atoms with Crippen LogP contribution in [0.15, 0.2) is 24.4 Å². The Morgan fingerprint density at radius 1 is 1.25 bits per heavy atom. The molecule has 126 valence electrons. The van der Waals surface area contributed by atoms with Crippen LogP contribution in [0.5, 0.6) is 0 Å². The van der Waals surface area contributed by atoms with E-state index in [0.29, 0.717) is 12.1 Å². The lowest BCUT2D eigenvalue weighted by molar-refractivity contribution is -0.00600. The van der Waals surface area contributed by atoms with Crippen molar-refractivity contribution in [1.29, 1.82) is 0 Å². The van der Waals surface area contributed by atoms with Crippen molar-refractivity contribution < 1.29 is 4.79 Å². The molecule has 0 aliphatic carbocycles. The standard InChI is InChI=1S/C18H23N5O/c1-11-6-14-9-15(7-11)23(14)18(24)20-13-5-4-12(2)16(8-13)17-10-19-22(3)21-17/h4-5,8,10-11,14-15H,6-7,9H2,1-3H3,(H,20,24). The fourth-order valence-corrected chi connectivity index (χ4v) is 4.11. The number of fused-ring (bicyclic) bond motifs is 2. The Kier molecular flexibility index (Phi) is 3.55. The average Bonchev–Trinajstić information content (AvgIpc) is 2.95. The summed E-state index contributed by atoms with van der Waals surface area (Å²) in [6.45, 7) is 4.32. The van der Waals surface area contributed by atoms with E-state index in [2.05, 4.69) is 22.4 Å². The smallest absolute Gasteiger partial charge is 0.318 e. The normalized spacial score (nSPS) is 25.3. The molecule has 2 saturated heterocycles. The zero-order chi connectivity index (χ0) is 16.8. The van der Waals surface area contributed by atoms with Gasteiger partial charge in [-0.1, -0.05) is 13.0 Å². The fraction of sp³-hybridized carbons (Fsp3) is 0.500. The SMILES string of the molecule is Cc1ccc(NC(=O)N2C3CC(C)CC2C3)cc1-c1cnn(C)n1. The summed E-state index contributed by atoms with van der Waals surface area (Å²) in [5.41, 5.74) is 3.74. The van der Waals surface area contributed by atoms with Gasteiger partial charge in [-0.15, -0.1) is 0 Å². The predicted molar refractivity (Wildman–Crippen MR) is 92.6 cm³/mol. The molecular weight excluding hydrogens is 302 g/mol. The van der Waals surface area contributed by atoms with E-state index in [1.54, 1.807) is 18.0 Å². The number of urea groups is 1. The zero-order valence-electron chi connectivity index (χ0n) is 14.4. The maximum atomic E-state index is 12.6. The molecule has 6 nitrogen and oxygen atoms in total. The van der Waals surface area contributed by atoms with Gasteiger partial charge in [0, 0.05) is 30.4 Å². The molecule has 2 unspecified atom stereocenters. The number of piperidine rings is 1. The second kappa shape index (κ2) is 5.61. The van der Waals surface area contributed by atoms with Crippen molar-refractivity contribution in [3.05, 3.63) is 30.0 Å². The van der Waals surface area contributed by atoms with Gasteiger partial charge < -0.3 is 10.2 Å². The third kappa shape index (κ3) is 2.56. The van der Waals surface area contributed by atoms with E-state index in [-0.39, 0.29) is 6.03 Å². The number of amides is 2. The number of nitrogens with one attached hydrogen (secondary N) is 1. The number of aromatic nitrogens is 3. The first-order chi connectivity index (χ1) is 11.5. The molecule has 2 bridgehead atoms. The van der Waals surface area contributed by atoms with E-state index in [9.17, 15) is 4.79 Å². The van der Waals surface area contributed by atoms with Crippen LogP contribution in [0.25, 0.3) is 11.3 Å². The number of nitrogens with zero attached hydrogens (tertiary/aromatic N) is 4. The van der Waals surface area contributed by atoms with Crippen molar-refractivity contribution in [2.24, 2.45) is 13.0 Å². The number of hydrogen-bond donors (Lipinski definition) is 1. The first-order valence-corrected chi connectivity index (χ1v) is 8.58. The predicted octanol–water partition coefficient (Wildman–Crippen LogP) is 3.20. The minimum absolute atomic E-state index is 0.0251. The summed E-state index contributed by atoms with van der Waals surface area (Å²) < 4.78 is 0. The van der Waals surface area contributed by atoms with Crippen LogP contribution in [0.2, 0.25) is 0 Å². The number of carbonyl (C=O) groups excluding carboxylic acids is 1. The maximum absolute atomic E-state index is 12.6. The Labute approximate surface area is 141 Å². The molecule has 1 aromatic carbocycles. The number of carbonyl (C=O) groups is 1. The highest BCUT2D eigenvalue weighted by Crippen LogP contribution is 2.41. The largest absolute Gasteiger partial charge is 0.322 e. The highest BCUT2D eigenvalue weighted by Gasteiger charge is 2.46. The van der Waals surface area contributed by atoms with E-state index in [1.807, 2.05) is 30.0 Å². The Balaban J connectivity index is 1.52. The lowest BCUT2D eigenvalue weighted by Gasteiger charge is -2.54. The van der Waals surface area contributed by atoms with Crippen molar-refractivity contribution >= 4 is 11.7 Å². The van der Waals surface area contributed by atoms with Gasteiger partial charge in [-0.3, -0.25) is 0 Å². The average molecular weight is 325 g/mol. The summed E-state index contributed by atoms with van der Waals surface area (Å²) in [6.07, 6.45) is 5.16. The number of anilines is 1. The number of aryl methyl sites for hydroxylation is 2. The number of hydrogen-bond acceptors (Lipinski definition) is 3. The third-order valence-electron chi connectivity index (χ3n) is 5.28. The Hall–Kier alpha value is -2.37. The first-order valence-electron chi connectivity index (χ1n) is 8.58. The molecular formula is C18H23N5O. The number of rotatable bonds is 2. The number of benzene rings is 1. The zero-order valence-corrected chi connectivity index (χ0v) is 14.4. The summed E-state index contributed by atoms with van der Waals surface area (Å²) in [7, 11) is 1.80. The van der Waals surface area contributed by atoms with Crippen LogP contribution in [-0.2, 0) is 7.05 Å². The summed E-state index contributed by atoms with van der Waals surface area (Å²) in [6, 6.07) is 6.81. The topological polar surface area (TPSA) is 63.1 Å². The molecule has 2 fully saturated rings. The van der Waals surface area contributed by atoms with Gasteiger partial charge in [0.25, 0.3) is 0 Å². The molecule has 2 aromatic rings. The van der Waals surface area contributed by atoms with Crippen LogP contribution in [0.4, 0.5) is 10.5 Å². The lowest BCUT2D eigenvalue weighted by atomic mass is 9.74. The molecule has 2 atom stereocenters. The van der Waals surface area contributed by atoms with E-state index in [4.69, 9.17) is 0 Å². The highest BCUT2D eigenvalue weighted by atomic mass is 16.2. The molecule has 0 saturated carbocycles. The third-order valence-corrected chi connectivity index (χ3v) is 5.28. The van der Waals surface area contributed by atoms with Gasteiger partial charge >= 0.3 is 6.03 Å². The van der Waals surface area contributed by atoms with Crippen molar-refractivity contribution in [3.8, 4) is 11.3 Å². The molecule has 2 aliphatic heterocycles. The summed E-state index contributed by atoms with van der Waals surface area (Å²) in [5.74, 6) is 0.737. The lowest BCUT2D eigenvalue weighted by Crippen LogP contribution is -2.63. The molecule has 0 radical (unpaired) electrons. The first kappa shape index (κ1) is 15.2. The van der Waals surface area contributed by atoms with Gasteiger partial charge in [0.05, 0.1) is 6.20 Å². The molecule has 6 heteroatoms. The van der Waals surface area contributed by atoms with Gasteiger partial charge in [-0.2, -0.15) is 15.0 Å². The van der Waals surface area contributed by atoms with Crippen LogP contribution < -0.4 is 5.32 Å². The van der Waals surface area contributed by atoms with Crippen molar-refractivity contribution in [2.75, 3.05) is 5.32 Å². The maximum Gasteiger partial charge on any atom is 0.322 e. The van der Waals surface area contributed by atoms with Gasteiger partial charge in [-0.25, -0.2) is 4.79 Å². The Bertz CT molecular complexity index is 771. The molecule has 2 amide bonds. The minimum Gasteiger partial charge on any atom is -0.318 e. The van der Waals surface area contributed by atoms with Gasteiger partial charge in [0.1, 0.15) is 5.69 Å². The van der Waals surface area contributed by atoms with Crippen LogP contribution in [0.3, 0.4) is 0 Å². The molecule has 24 heavy (non-hydrogen) atoms. The van der Waals surface area contributed by atoms with Crippen LogP contribution in [0, 0.1) is 12.8 Å². The van der Waals surface area contributed by atoms with E-state index in [1.165, 1.54) is 0 Å². The van der Waals surface area contributed by atoms with Crippen molar-refractivity contribution in [3.63, 3.8) is 0 Å². The summed E-state index contributed by atoms with van der Waals surface area (Å²) >= 11 is 0. The van der Waals surface area contributed by atoms with E-state index < -0.39 is 0 Å². The monoisotopic (exact) mass is 325 g/mol. The second-order valence-corrected chi connectivity index (χ2v) is 7.21. The quantitative estimate of drug-likeness (QED) is 0.922. The van der Waals surface area contributed by atoms with Gasteiger partial charge in [-0.05, 0) is 49.8 Å². The van der Waals surface area contributed by atoms with E-state index >= 15 is 0 Å². The second-order valence-electron chi connectivity index (χ2n) is 7.21. The molecule has 1 aromatic heterocycles. The van der Waals surface area contributed by atoms with E-state index in [0.717, 1.165) is 47.7 Å². The van der Waals surface area contributed by atoms with Gasteiger partial charge in [0.2, 0.25) is 0 Å². The Morgan fingerprint density at radius 2 is 2.00 bits per heavy atom. The van der Waals surface area contributed by atoms with Crippen molar-refractivity contribution in [2.45, 2.75) is 45.2 Å².